The second-order valence-electron chi connectivity index (χ2n) is 5.43. The molecule has 0 saturated heterocycles. The maximum Gasteiger partial charge on any atom is 0.493 e. The number of nitrogens with zero attached hydrogens (tertiary/aromatic N) is 2. The van der Waals surface area contributed by atoms with Crippen molar-refractivity contribution in [3.8, 4) is 11.5 Å². The summed E-state index contributed by atoms with van der Waals surface area (Å²) in [5, 5.41) is 17.9. The van der Waals surface area contributed by atoms with E-state index in [9.17, 15) is 0 Å². The fourth-order valence-corrected chi connectivity index (χ4v) is 2.00. The molecule has 130 valence electrons. The molecule has 24 heavy (non-hydrogen) atoms. The molecule has 0 saturated carbocycles. The summed E-state index contributed by atoms with van der Waals surface area (Å²) in [4.78, 5) is 7.70. The first-order chi connectivity index (χ1) is 11.3. The highest BCUT2D eigenvalue weighted by atomic mass is 79.9. The van der Waals surface area contributed by atoms with E-state index in [1.807, 2.05) is 33.8 Å². The molecule has 6 nitrogen and oxygen atoms in total. The molecule has 2 rings (SSSR count). The van der Waals surface area contributed by atoms with Gasteiger partial charge in [0.05, 0.1) is 16.7 Å². The van der Waals surface area contributed by atoms with E-state index >= 15 is 0 Å². The summed E-state index contributed by atoms with van der Waals surface area (Å²) in [5.74, 6) is 1.30. The Balaban J connectivity index is 0.000000243. The van der Waals surface area contributed by atoms with Gasteiger partial charge in [-0.25, -0.2) is 0 Å². The third-order valence-corrected chi connectivity index (χ3v) is 3.14. The van der Waals surface area contributed by atoms with Crippen molar-refractivity contribution < 1.29 is 19.5 Å². The van der Waals surface area contributed by atoms with Gasteiger partial charge < -0.3 is 19.5 Å². The smallest absolute Gasteiger partial charge is 0.491 e. The lowest BCUT2D eigenvalue weighted by atomic mass is 9.81. The third kappa shape index (κ3) is 7.29. The van der Waals surface area contributed by atoms with Crippen molar-refractivity contribution >= 4 is 28.5 Å². The van der Waals surface area contributed by atoms with Gasteiger partial charge in [-0.2, -0.15) is 0 Å². The lowest BCUT2D eigenvalue weighted by Crippen LogP contribution is -2.32. The molecule has 0 aromatic carbocycles. The summed E-state index contributed by atoms with van der Waals surface area (Å²) in [6, 6.07) is 3.44. The van der Waals surface area contributed by atoms with Crippen LogP contribution in [0.4, 0.5) is 0 Å². The Bertz CT molecular complexity index is 627. The maximum atomic E-state index is 8.95. The van der Waals surface area contributed by atoms with E-state index in [1.165, 1.54) is 6.20 Å². The predicted molar refractivity (Wildman–Crippen MR) is 97.5 cm³/mol. The zero-order chi connectivity index (χ0) is 18.1. The van der Waals surface area contributed by atoms with Gasteiger partial charge in [0.1, 0.15) is 11.5 Å². The minimum atomic E-state index is -1.54. The summed E-state index contributed by atoms with van der Waals surface area (Å²) >= 11 is 3.34. The average Bonchev–Trinajstić information content (AvgIpc) is 2.49. The zero-order valence-electron chi connectivity index (χ0n) is 14.2. The van der Waals surface area contributed by atoms with Crippen LogP contribution >= 0.6 is 15.9 Å². The first-order valence-electron chi connectivity index (χ1n) is 7.54. The fourth-order valence-electron chi connectivity index (χ4n) is 1.66. The standard InChI is InChI=1S/C8H12BNO3.C8H10BrNO/c1-6(2)13-8-3-4-10-5-7(8)9(11)12;1-6(2)11-8-3-4-10-5-7(8)9/h3-6,11-12H,1-2H3;3-6H,1-2H3. The lowest BCUT2D eigenvalue weighted by Gasteiger charge is -2.12. The Morgan fingerprint density at radius 1 is 0.917 bits per heavy atom. The van der Waals surface area contributed by atoms with Crippen LogP contribution in [0.1, 0.15) is 27.7 Å². The van der Waals surface area contributed by atoms with Crippen molar-refractivity contribution in [2.45, 2.75) is 39.9 Å². The molecule has 8 heteroatoms. The summed E-state index contributed by atoms with van der Waals surface area (Å²) in [7, 11) is -1.54. The average molecular weight is 397 g/mol. The monoisotopic (exact) mass is 396 g/mol. The van der Waals surface area contributed by atoms with E-state index in [2.05, 4.69) is 25.9 Å². The Labute approximate surface area is 151 Å². The van der Waals surface area contributed by atoms with Gasteiger partial charge in [-0.1, -0.05) is 0 Å². The van der Waals surface area contributed by atoms with Gasteiger partial charge in [-0.15, -0.1) is 0 Å². The van der Waals surface area contributed by atoms with Crippen LogP contribution in [0, 0.1) is 0 Å². The number of ether oxygens (including phenoxy) is 2. The van der Waals surface area contributed by atoms with Crippen LogP contribution in [0.25, 0.3) is 0 Å². The van der Waals surface area contributed by atoms with Crippen LogP contribution in [0.5, 0.6) is 11.5 Å². The fraction of sp³-hybridized carbons (Fsp3) is 0.375. The van der Waals surface area contributed by atoms with Crippen molar-refractivity contribution in [2.75, 3.05) is 0 Å². The molecule has 0 atom stereocenters. The van der Waals surface area contributed by atoms with Gasteiger partial charge in [-0.3, -0.25) is 9.97 Å². The first-order valence-corrected chi connectivity index (χ1v) is 8.33. The van der Waals surface area contributed by atoms with Crippen LogP contribution in [-0.2, 0) is 0 Å². The second-order valence-corrected chi connectivity index (χ2v) is 6.28. The second kappa shape index (κ2) is 10.3. The molecule has 0 spiro atoms. The quantitative estimate of drug-likeness (QED) is 0.753. The zero-order valence-corrected chi connectivity index (χ0v) is 15.8. The first kappa shape index (κ1) is 20.4. The van der Waals surface area contributed by atoms with E-state index in [0.29, 0.717) is 5.75 Å². The van der Waals surface area contributed by atoms with E-state index in [0.717, 1.165) is 10.2 Å². The van der Waals surface area contributed by atoms with E-state index in [1.54, 1.807) is 24.7 Å². The summed E-state index contributed by atoms with van der Waals surface area (Å²) in [6.45, 7) is 7.72. The van der Waals surface area contributed by atoms with Crippen LogP contribution in [0.15, 0.2) is 41.4 Å². The number of hydrogen-bond acceptors (Lipinski definition) is 6. The topological polar surface area (TPSA) is 84.7 Å². The van der Waals surface area contributed by atoms with Crippen molar-refractivity contribution in [2.24, 2.45) is 0 Å². The number of pyridine rings is 2. The highest BCUT2D eigenvalue weighted by Gasteiger charge is 2.17. The SMILES string of the molecule is CC(C)Oc1ccncc1B(O)O.CC(C)Oc1ccncc1Br. The van der Waals surface area contributed by atoms with Gasteiger partial charge in [-0.05, 0) is 55.8 Å². The van der Waals surface area contributed by atoms with E-state index in [4.69, 9.17) is 19.5 Å². The molecule has 2 aromatic rings. The largest absolute Gasteiger partial charge is 0.493 e. The molecule has 0 amide bonds. The van der Waals surface area contributed by atoms with Gasteiger partial charge in [0.25, 0.3) is 0 Å². The molecular weight excluding hydrogens is 375 g/mol. The third-order valence-electron chi connectivity index (χ3n) is 2.55. The van der Waals surface area contributed by atoms with Gasteiger partial charge in [0, 0.05) is 30.3 Å². The summed E-state index contributed by atoms with van der Waals surface area (Å²) in [6.07, 6.45) is 6.56. The van der Waals surface area contributed by atoms with Crippen LogP contribution in [0.2, 0.25) is 0 Å². The summed E-state index contributed by atoms with van der Waals surface area (Å²) < 4.78 is 11.7. The van der Waals surface area contributed by atoms with Gasteiger partial charge in [0.15, 0.2) is 0 Å². The number of halogens is 1. The minimum absolute atomic E-state index is 0.0000926. The number of aromatic nitrogens is 2. The normalized spacial score (nSPS) is 10.2. The van der Waals surface area contributed by atoms with Crippen LogP contribution in [0.3, 0.4) is 0 Å². The Morgan fingerprint density at radius 2 is 1.42 bits per heavy atom. The van der Waals surface area contributed by atoms with E-state index in [-0.39, 0.29) is 17.7 Å². The van der Waals surface area contributed by atoms with E-state index < -0.39 is 7.12 Å². The highest BCUT2D eigenvalue weighted by molar-refractivity contribution is 9.10. The molecular formula is C16H22BBrN2O4. The van der Waals surface area contributed by atoms with Crippen molar-refractivity contribution in [1.82, 2.24) is 9.97 Å². The highest BCUT2D eigenvalue weighted by Crippen LogP contribution is 2.23. The molecule has 2 N–H and O–H groups in total. The molecule has 2 aromatic heterocycles. The molecule has 0 unspecified atom stereocenters. The molecule has 0 bridgehead atoms. The molecule has 0 aliphatic heterocycles. The van der Waals surface area contributed by atoms with Gasteiger partial charge in [0.2, 0.25) is 0 Å². The van der Waals surface area contributed by atoms with Gasteiger partial charge >= 0.3 is 7.12 Å². The van der Waals surface area contributed by atoms with Crippen molar-refractivity contribution in [3.63, 3.8) is 0 Å². The minimum Gasteiger partial charge on any atom is -0.491 e. The van der Waals surface area contributed by atoms with Crippen molar-refractivity contribution in [1.29, 1.82) is 0 Å². The van der Waals surface area contributed by atoms with Crippen LogP contribution < -0.4 is 14.9 Å². The van der Waals surface area contributed by atoms with Crippen molar-refractivity contribution in [3.05, 3.63) is 41.4 Å². The Kier molecular flexibility index (Phi) is 8.74. The molecule has 0 radical (unpaired) electrons. The number of hydrogen-bond donors (Lipinski definition) is 2. The summed E-state index contributed by atoms with van der Waals surface area (Å²) in [5.41, 5.74) is 0.288. The Morgan fingerprint density at radius 3 is 1.92 bits per heavy atom. The maximum absolute atomic E-state index is 8.95. The lowest BCUT2D eigenvalue weighted by molar-refractivity contribution is 0.240. The molecule has 0 fully saturated rings. The number of rotatable bonds is 5. The Hall–Kier alpha value is -1.64. The van der Waals surface area contributed by atoms with Crippen LogP contribution in [-0.4, -0.2) is 39.3 Å². The predicted octanol–water partition coefficient (Wildman–Crippen LogP) is 2.18. The molecule has 2 heterocycles. The molecule has 0 aliphatic rings. The molecule has 0 aliphatic carbocycles.